The molecule has 1 N–H and O–H groups in total. The lowest BCUT2D eigenvalue weighted by Gasteiger charge is -2.38. The van der Waals surface area contributed by atoms with E-state index in [2.05, 4.69) is 47.2 Å². The third-order valence-corrected chi connectivity index (χ3v) is 5.67. The molecule has 3 rings (SSSR count). The Morgan fingerprint density at radius 3 is 2.40 bits per heavy atom. The number of aryl methyl sites for hydroxylation is 2. The average Bonchev–Trinajstić information content (AvgIpc) is 2.61. The first-order chi connectivity index (χ1) is 12.0. The Hall–Kier alpha value is -1.78. The SMILES string of the molecule is Cc1ccc(NC(=S)N2CCN(c3cccc(C)c3C)CC2)cc1Cl. The van der Waals surface area contributed by atoms with Crippen LogP contribution in [0.25, 0.3) is 0 Å². The van der Waals surface area contributed by atoms with Gasteiger partial charge in [0.2, 0.25) is 0 Å². The summed E-state index contributed by atoms with van der Waals surface area (Å²) < 4.78 is 0. The second kappa shape index (κ2) is 7.63. The van der Waals surface area contributed by atoms with E-state index in [4.69, 9.17) is 23.8 Å². The van der Waals surface area contributed by atoms with Gasteiger partial charge < -0.3 is 15.1 Å². The summed E-state index contributed by atoms with van der Waals surface area (Å²) in [6, 6.07) is 12.5. The summed E-state index contributed by atoms with van der Waals surface area (Å²) in [5.41, 5.74) is 6.06. The van der Waals surface area contributed by atoms with Crippen molar-refractivity contribution in [2.75, 3.05) is 36.4 Å². The fourth-order valence-electron chi connectivity index (χ4n) is 3.10. The zero-order valence-corrected chi connectivity index (χ0v) is 16.5. The summed E-state index contributed by atoms with van der Waals surface area (Å²) in [6.07, 6.45) is 0. The molecule has 25 heavy (non-hydrogen) atoms. The van der Waals surface area contributed by atoms with Gasteiger partial charge in [-0.3, -0.25) is 0 Å². The lowest BCUT2D eigenvalue weighted by Crippen LogP contribution is -2.50. The van der Waals surface area contributed by atoms with Gasteiger partial charge in [0.1, 0.15) is 0 Å². The highest BCUT2D eigenvalue weighted by atomic mass is 35.5. The van der Waals surface area contributed by atoms with Gasteiger partial charge in [0, 0.05) is 42.6 Å². The molecular weight excluding hydrogens is 350 g/mol. The van der Waals surface area contributed by atoms with Crippen molar-refractivity contribution in [2.24, 2.45) is 0 Å². The summed E-state index contributed by atoms with van der Waals surface area (Å²) in [7, 11) is 0. The van der Waals surface area contributed by atoms with Crippen molar-refractivity contribution in [1.82, 2.24) is 4.90 Å². The molecule has 0 amide bonds. The van der Waals surface area contributed by atoms with Crippen LogP contribution in [0.4, 0.5) is 11.4 Å². The first kappa shape index (κ1) is 18.0. The van der Waals surface area contributed by atoms with Crippen molar-refractivity contribution >= 4 is 40.3 Å². The molecule has 5 heteroatoms. The fraction of sp³-hybridized carbons (Fsp3) is 0.350. The predicted molar refractivity (Wildman–Crippen MR) is 112 cm³/mol. The number of benzene rings is 2. The molecule has 3 nitrogen and oxygen atoms in total. The Bertz CT molecular complexity index is 783. The maximum atomic E-state index is 6.19. The number of piperazine rings is 1. The van der Waals surface area contributed by atoms with Crippen molar-refractivity contribution in [3.8, 4) is 0 Å². The van der Waals surface area contributed by atoms with E-state index in [1.165, 1.54) is 16.8 Å². The van der Waals surface area contributed by atoms with E-state index in [0.717, 1.165) is 47.6 Å². The molecule has 2 aromatic carbocycles. The van der Waals surface area contributed by atoms with Crippen LogP contribution in [0.1, 0.15) is 16.7 Å². The van der Waals surface area contributed by atoms with Crippen LogP contribution in [0.15, 0.2) is 36.4 Å². The van der Waals surface area contributed by atoms with Gasteiger partial charge >= 0.3 is 0 Å². The zero-order valence-electron chi connectivity index (χ0n) is 15.0. The van der Waals surface area contributed by atoms with E-state index in [0.29, 0.717) is 0 Å². The first-order valence-electron chi connectivity index (χ1n) is 8.59. The van der Waals surface area contributed by atoms with Gasteiger partial charge in [-0.05, 0) is 67.9 Å². The topological polar surface area (TPSA) is 18.5 Å². The van der Waals surface area contributed by atoms with Gasteiger partial charge in [-0.25, -0.2) is 0 Å². The second-order valence-electron chi connectivity index (χ2n) is 6.59. The van der Waals surface area contributed by atoms with E-state index >= 15 is 0 Å². The lowest BCUT2D eigenvalue weighted by atomic mass is 10.1. The second-order valence-corrected chi connectivity index (χ2v) is 7.38. The van der Waals surface area contributed by atoms with E-state index in [9.17, 15) is 0 Å². The van der Waals surface area contributed by atoms with Crippen molar-refractivity contribution in [3.05, 3.63) is 58.1 Å². The number of hydrogen-bond donors (Lipinski definition) is 1. The molecule has 0 radical (unpaired) electrons. The number of hydrogen-bond acceptors (Lipinski definition) is 2. The Labute approximate surface area is 160 Å². The molecule has 0 spiro atoms. The van der Waals surface area contributed by atoms with Crippen LogP contribution in [0.3, 0.4) is 0 Å². The third kappa shape index (κ3) is 4.07. The van der Waals surface area contributed by atoms with Crippen LogP contribution in [-0.2, 0) is 0 Å². The molecule has 0 aliphatic carbocycles. The number of halogens is 1. The summed E-state index contributed by atoms with van der Waals surface area (Å²) in [5, 5.41) is 4.83. The highest BCUT2D eigenvalue weighted by molar-refractivity contribution is 7.80. The highest BCUT2D eigenvalue weighted by Gasteiger charge is 2.20. The molecule has 1 heterocycles. The Kier molecular flexibility index (Phi) is 5.50. The predicted octanol–water partition coefficient (Wildman–Crippen LogP) is 4.78. The Balaban J connectivity index is 1.60. The molecule has 0 bridgehead atoms. The molecule has 0 unspecified atom stereocenters. The maximum absolute atomic E-state index is 6.19. The molecule has 0 saturated carbocycles. The van der Waals surface area contributed by atoms with Gasteiger partial charge in [0.25, 0.3) is 0 Å². The molecule has 1 saturated heterocycles. The number of nitrogens with one attached hydrogen (secondary N) is 1. The quantitative estimate of drug-likeness (QED) is 0.763. The summed E-state index contributed by atoms with van der Waals surface area (Å²) in [6.45, 7) is 10.1. The van der Waals surface area contributed by atoms with E-state index in [1.54, 1.807) is 0 Å². The molecule has 0 aromatic heterocycles. The van der Waals surface area contributed by atoms with Crippen LogP contribution < -0.4 is 10.2 Å². The van der Waals surface area contributed by atoms with Crippen LogP contribution in [0.2, 0.25) is 5.02 Å². The molecule has 1 aliphatic rings. The number of nitrogens with zero attached hydrogens (tertiary/aromatic N) is 2. The first-order valence-corrected chi connectivity index (χ1v) is 9.37. The molecule has 1 fully saturated rings. The minimum atomic E-state index is 0.757. The van der Waals surface area contributed by atoms with Gasteiger partial charge in [0.05, 0.1) is 0 Å². The normalized spacial score (nSPS) is 14.6. The smallest absolute Gasteiger partial charge is 0.173 e. The maximum Gasteiger partial charge on any atom is 0.173 e. The van der Waals surface area contributed by atoms with Gasteiger partial charge in [0.15, 0.2) is 5.11 Å². The van der Waals surface area contributed by atoms with Gasteiger partial charge in [-0.15, -0.1) is 0 Å². The Morgan fingerprint density at radius 1 is 1.00 bits per heavy atom. The molecular formula is C20H24ClN3S. The minimum absolute atomic E-state index is 0.757. The third-order valence-electron chi connectivity index (χ3n) is 4.91. The molecule has 132 valence electrons. The summed E-state index contributed by atoms with van der Waals surface area (Å²) >= 11 is 11.8. The number of anilines is 2. The minimum Gasteiger partial charge on any atom is -0.368 e. The number of thiocarbonyl (C=S) groups is 1. The summed E-state index contributed by atoms with van der Waals surface area (Å²) in [5.74, 6) is 0. The zero-order chi connectivity index (χ0) is 18.0. The summed E-state index contributed by atoms with van der Waals surface area (Å²) in [4.78, 5) is 4.68. The molecule has 1 aliphatic heterocycles. The molecule has 2 aromatic rings. The van der Waals surface area contributed by atoms with Crippen LogP contribution in [-0.4, -0.2) is 36.2 Å². The largest absolute Gasteiger partial charge is 0.368 e. The van der Waals surface area contributed by atoms with E-state index < -0.39 is 0 Å². The highest BCUT2D eigenvalue weighted by Crippen LogP contribution is 2.24. The van der Waals surface area contributed by atoms with Gasteiger partial charge in [-0.2, -0.15) is 0 Å². The standard InChI is InChI=1S/C20H24ClN3S/c1-14-5-4-6-19(16(14)3)23-9-11-24(12-10-23)20(25)22-17-8-7-15(2)18(21)13-17/h4-8,13H,9-12H2,1-3H3,(H,22,25). The fourth-order valence-corrected chi connectivity index (χ4v) is 3.58. The van der Waals surface area contributed by atoms with Crippen LogP contribution >= 0.6 is 23.8 Å². The van der Waals surface area contributed by atoms with Crippen LogP contribution in [0, 0.1) is 20.8 Å². The van der Waals surface area contributed by atoms with E-state index in [1.807, 2.05) is 25.1 Å². The van der Waals surface area contributed by atoms with Crippen molar-refractivity contribution < 1.29 is 0 Å². The molecule has 0 atom stereocenters. The lowest BCUT2D eigenvalue weighted by molar-refractivity contribution is 0.390. The van der Waals surface area contributed by atoms with Crippen molar-refractivity contribution in [1.29, 1.82) is 0 Å². The number of rotatable bonds is 2. The monoisotopic (exact) mass is 373 g/mol. The van der Waals surface area contributed by atoms with Crippen molar-refractivity contribution in [3.63, 3.8) is 0 Å². The van der Waals surface area contributed by atoms with Crippen LogP contribution in [0.5, 0.6) is 0 Å². The Morgan fingerprint density at radius 2 is 1.72 bits per heavy atom. The average molecular weight is 374 g/mol. The van der Waals surface area contributed by atoms with Gasteiger partial charge in [-0.1, -0.05) is 29.8 Å². The van der Waals surface area contributed by atoms with Crippen molar-refractivity contribution in [2.45, 2.75) is 20.8 Å². The van der Waals surface area contributed by atoms with E-state index in [-0.39, 0.29) is 0 Å².